The van der Waals surface area contributed by atoms with E-state index >= 15 is 0 Å². The summed E-state index contributed by atoms with van der Waals surface area (Å²) in [5.41, 5.74) is -0.375. The second kappa shape index (κ2) is 3.90. The molecule has 0 bridgehead atoms. The molecule has 0 atom stereocenters. The summed E-state index contributed by atoms with van der Waals surface area (Å²) in [5, 5.41) is 0. The average Bonchev–Trinajstić information content (AvgIpc) is 2.41. The van der Waals surface area contributed by atoms with E-state index in [1.165, 1.54) is 0 Å². The molecular formula is C12H20F2N2O. The SMILES string of the molecule is CC(C)(C)C(=O)N1CC(N2CCC(F)(F)C2)C1. The number of halogens is 2. The Labute approximate surface area is 101 Å². The highest BCUT2D eigenvalue weighted by Crippen LogP contribution is 2.31. The van der Waals surface area contributed by atoms with Gasteiger partial charge in [0.1, 0.15) is 0 Å². The standard InChI is InChI=1S/C12H20F2N2O/c1-11(2,3)10(17)16-6-9(7-16)15-5-4-12(13,14)8-15/h9H,4-8H2,1-3H3. The van der Waals surface area contributed by atoms with Gasteiger partial charge in [-0.15, -0.1) is 0 Å². The largest absolute Gasteiger partial charge is 0.339 e. The Bertz CT molecular complexity index is 319. The van der Waals surface area contributed by atoms with Crippen LogP contribution in [0.3, 0.4) is 0 Å². The molecule has 2 fully saturated rings. The number of amides is 1. The third-order valence-electron chi connectivity index (χ3n) is 3.51. The number of rotatable bonds is 1. The van der Waals surface area contributed by atoms with Crippen LogP contribution in [0, 0.1) is 5.41 Å². The van der Waals surface area contributed by atoms with Crippen molar-refractivity contribution in [3.63, 3.8) is 0 Å². The molecule has 5 heteroatoms. The molecule has 2 rings (SSSR count). The predicted octanol–water partition coefficient (Wildman–Crippen LogP) is 1.58. The van der Waals surface area contributed by atoms with Crippen molar-refractivity contribution in [1.82, 2.24) is 9.80 Å². The van der Waals surface area contributed by atoms with Crippen LogP contribution in [-0.4, -0.2) is 53.9 Å². The van der Waals surface area contributed by atoms with E-state index in [0.717, 1.165) is 0 Å². The average molecular weight is 246 g/mol. The topological polar surface area (TPSA) is 23.6 Å². The number of hydrogen-bond acceptors (Lipinski definition) is 2. The number of nitrogens with zero attached hydrogens (tertiary/aromatic N) is 2. The van der Waals surface area contributed by atoms with Gasteiger partial charge in [-0.05, 0) is 0 Å². The molecule has 0 saturated carbocycles. The zero-order chi connectivity index (χ0) is 12.8. The molecule has 2 aliphatic rings. The van der Waals surface area contributed by atoms with E-state index < -0.39 is 5.92 Å². The smallest absolute Gasteiger partial charge is 0.261 e. The van der Waals surface area contributed by atoms with Crippen LogP contribution in [0.1, 0.15) is 27.2 Å². The summed E-state index contributed by atoms with van der Waals surface area (Å²) in [6.07, 6.45) is -0.0449. The number of likely N-dealkylation sites (tertiary alicyclic amines) is 2. The highest BCUT2D eigenvalue weighted by Gasteiger charge is 2.45. The lowest BCUT2D eigenvalue weighted by atomic mass is 9.92. The van der Waals surface area contributed by atoms with E-state index in [9.17, 15) is 13.6 Å². The first-order chi connectivity index (χ1) is 7.69. The van der Waals surface area contributed by atoms with E-state index in [-0.39, 0.29) is 30.3 Å². The molecule has 0 aliphatic carbocycles. The summed E-state index contributed by atoms with van der Waals surface area (Å²) in [4.78, 5) is 15.5. The van der Waals surface area contributed by atoms with Crippen LogP contribution >= 0.6 is 0 Å². The summed E-state index contributed by atoms with van der Waals surface area (Å²) >= 11 is 0. The first-order valence-corrected chi connectivity index (χ1v) is 6.10. The first-order valence-electron chi connectivity index (χ1n) is 6.10. The van der Waals surface area contributed by atoms with Crippen LogP contribution in [0.15, 0.2) is 0 Å². The molecule has 2 saturated heterocycles. The molecule has 3 nitrogen and oxygen atoms in total. The van der Waals surface area contributed by atoms with Gasteiger partial charge in [-0.3, -0.25) is 9.69 Å². The maximum absolute atomic E-state index is 13.0. The van der Waals surface area contributed by atoms with Crippen molar-refractivity contribution in [2.45, 2.75) is 39.2 Å². The fourth-order valence-electron chi connectivity index (χ4n) is 2.40. The first kappa shape index (κ1) is 12.7. The van der Waals surface area contributed by atoms with E-state index in [4.69, 9.17) is 0 Å². The highest BCUT2D eigenvalue weighted by atomic mass is 19.3. The molecule has 0 aromatic rings. The monoisotopic (exact) mass is 246 g/mol. The zero-order valence-corrected chi connectivity index (χ0v) is 10.7. The molecule has 2 heterocycles. The van der Waals surface area contributed by atoms with E-state index in [1.807, 2.05) is 25.7 Å². The third kappa shape index (κ3) is 2.59. The second-order valence-electron chi connectivity index (χ2n) is 6.19. The molecule has 0 unspecified atom stereocenters. The van der Waals surface area contributed by atoms with Crippen molar-refractivity contribution in [1.29, 1.82) is 0 Å². The molecule has 0 spiro atoms. The lowest BCUT2D eigenvalue weighted by Crippen LogP contribution is -2.62. The molecule has 1 amide bonds. The van der Waals surface area contributed by atoms with Gasteiger partial charge in [-0.1, -0.05) is 20.8 Å². The fourth-order valence-corrected chi connectivity index (χ4v) is 2.40. The van der Waals surface area contributed by atoms with E-state index in [0.29, 0.717) is 19.6 Å². The van der Waals surface area contributed by atoms with Gasteiger partial charge in [0.2, 0.25) is 5.91 Å². The number of carbonyl (C=O) groups is 1. The maximum atomic E-state index is 13.0. The van der Waals surface area contributed by atoms with Crippen LogP contribution in [-0.2, 0) is 4.79 Å². The van der Waals surface area contributed by atoms with Crippen molar-refractivity contribution in [2.75, 3.05) is 26.2 Å². The summed E-state index contributed by atoms with van der Waals surface area (Å²) in [7, 11) is 0. The molecular weight excluding hydrogens is 226 g/mol. The Morgan fingerprint density at radius 1 is 1.29 bits per heavy atom. The molecule has 2 aliphatic heterocycles. The van der Waals surface area contributed by atoms with Gasteiger partial charge in [0.25, 0.3) is 5.92 Å². The van der Waals surface area contributed by atoms with Crippen LogP contribution in [0.25, 0.3) is 0 Å². The Morgan fingerprint density at radius 3 is 2.29 bits per heavy atom. The minimum Gasteiger partial charge on any atom is -0.339 e. The van der Waals surface area contributed by atoms with Gasteiger partial charge in [0.05, 0.1) is 6.54 Å². The summed E-state index contributed by atoms with van der Waals surface area (Å²) in [6, 6.07) is 0.134. The number of hydrogen-bond donors (Lipinski definition) is 0. The highest BCUT2D eigenvalue weighted by molar-refractivity contribution is 5.82. The van der Waals surface area contributed by atoms with Gasteiger partial charge < -0.3 is 4.90 Å². The summed E-state index contributed by atoms with van der Waals surface area (Å²) in [5.74, 6) is -2.42. The molecule has 0 aromatic heterocycles. The Morgan fingerprint density at radius 2 is 1.88 bits per heavy atom. The normalized spacial score (nSPS) is 26.1. The molecule has 0 N–H and O–H groups in total. The fraction of sp³-hybridized carbons (Fsp3) is 0.917. The summed E-state index contributed by atoms with van der Waals surface area (Å²) < 4.78 is 26.1. The van der Waals surface area contributed by atoms with Crippen LogP contribution in [0.4, 0.5) is 8.78 Å². The molecule has 17 heavy (non-hydrogen) atoms. The van der Waals surface area contributed by atoms with Gasteiger partial charge >= 0.3 is 0 Å². The maximum Gasteiger partial charge on any atom is 0.261 e. The van der Waals surface area contributed by atoms with Crippen LogP contribution < -0.4 is 0 Å². The van der Waals surface area contributed by atoms with Gasteiger partial charge in [-0.25, -0.2) is 8.78 Å². The van der Waals surface area contributed by atoms with Crippen molar-refractivity contribution < 1.29 is 13.6 Å². The third-order valence-corrected chi connectivity index (χ3v) is 3.51. The van der Waals surface area contributed by atoms with Crippen molar-refractivity contribution in [3.8, 4) is 0 Å². The molecule has 0 radical (unpaired) electrons. The number of carbonyl (C=O) groups excluding carboxylic acids is 1. The minimum atomic E-state index is -2.53. The predicted molar refractivity (Wildman–Crippen MR) is 61.0 cm³/mol. The van der Waals surface area contributed by atoms with Crippen molar-refractivity contribution >= 4 is 5.91 Å². The quantitative estimate of drug-likeness (QED) is 0.701. The summed E-state index contributed by atoms with van der Waals surface area (Å²) in [6.45, 7) is 7.16. The Balaban J connectivity index is 1.82. The van der Waals surface area contributed by atoms with E-state index in [1.54, 1.807) is 4.90 Å². The van der Waals surface area contributed by atoms with Gasteiger partial charge in [0, 0.05) is 37.5 Å². The van der Waals surface area contributed by atoms with Crippen LogP contribution in [0.5, 0.6) is 0 Å². The lowest BCUT2D eigenvalue weighted by Gasteiger charge is -2.46. The second-order valence-corrected chi connectivity index (χ2v) is 6.19. The van der Waals surface area contributed by atoms with Gasteiger partial charge in [-0.2, -0.15) is 0 Å². The Hall–Kier alpha value is -0.710. The lowest BCUT2D eigenvalue weighted by molar-refractivity contribution is -0.147. The number of alkyl halides is 2. The van der Waals surface area contributed by atoms with Crippen molar-refractivity contribution in [2.24, 2.45) is 5.41 Å². The molecule has 98 valence electrons. The van der Waals surface area contributed by atoms with Crippen molar-refractivity contribution in [3.05, 3.63) is 0 Å². The van der Waals surface area contributed by atoms with Crippen LogP contribution in [0.2, 0.25) is 0 Å². The minimum absolute atomic E-state index is 0.0449. The van der Waals surface area contributed by atoms with E-state index in [2.05, 4.69) is 0 Å². The zero-order valence-electron chi connectivity index (χ0n) is 10.7. The Kier molecular flexibility index (Phi) is 2.92. The molecule has 0 aromatic carbocycles. The van der Waals surface area contributed by atoms with Gasteiger partial charge in [0.15, 0.2) is 0 Å².